The minimum atomic E-state index is 0.0169. The van der Waals surface area contributed by atoms with Gasteiger partial charge in [0.2, 0.25) is 0 Å². The predicted molar refractivity (Wildman–Crippen MR) is 72.9 cm³/mol. The van der Waals surface area contributed by atoms with E-state index in [1.54, 1.807) is 23.3 Å². The Bertz CT molecular complexity index is 577. The summed E-state index contributed by atoms with van der Waals surface area (Å²) >= 11 is 0. The van der Waals surface area contributed by atoms with E-state index in [9.17, 15) is 4.79 Å². The van der Waals surface area contributed by atoms with Crippen molar-refractivity contribution in [3.05, 3.63) is 54.1 Å². The van der Waals surface area contributed by atoms with Gasteiger partial charge in [-0.15, -0.1) is 0 Å². The van der Waals surface area contributed by atoms with Crippen LogP contribution in [0.5, 0.6) is 0 Å². The van der Waals surface area contributed by atoms with E-state index in [1.165, 1.54) is 11.1 Å². The van der Waals surface area contributed by atoms with Crippen LogP contribution in [0.1, 0.15) is 30.0 Å². The Balaban J connectivity index is 1.90. The van der Waals surface area contributed by atoms with Gasteiger partial charge in [-0.3, -0.25) is 4.57 Å². The first-order valence-electron chi connectivity index (χ1n) is 6.62. The highest BCUT2D eigenvalue weighted by molar-refractivity contribution is 5.77. The highest BCUT2D eigenvalue weighted by Gasteiger charge is 2.31. The van der Waals surface area contributed by atoms with E-state index in [1.807, 2.05) is 17.0 Å². The van der Waals surface area contributed by atoms with E-state index in [-0.39, 0.29) is 12.1 Å². The molecule has 0 saturated carbocycles. The molecule has 19 heavy (non-hydrogen) atoms. The maximum atomic E-state index is 12.5. The van der Waals surface area contributed by atoms with Crippen molar-refractivity contribution in [1.82, 2.24) is 14.5 Å². The van der Waals surface area contributed by atoms with Crippen LogP contribution in [0.15, 0.2) is 43.0 Å². The fraction of sp³-hybridized carbons (Fsp3) is 0.333. The van der Waals surface area contributed by atoms with Crippen molar-refractivity contribution >= 4 is 6.03 Å². The quantitative estimate of drug-likeness (QED) is 0.785. The molecule has 0 spiro atoms. The number of nitrogens with zero attached hydrogens (tertiary/aromatic N) is 3. The smallest absolute Gasteiger partial charge is 0.317 e. The highest BCUT2D eigenvalue weighted by Crippen LogP contribution is 2.33. The lowest BCUT2D eigenvalue weighted by Crippen LogP contribution is -2.33. The lowest BCUT2D eigenvalue weighted by molar-refractivity contribution is 0.194. The van der Waals surface area contributed by atoms with Crippen LogP contribution in [0.2, 0.25) is 0 Å². The second-order valence-electron chi connectivity index (χ2n) is 4.96. The summed E-state index contributed by atoms with van der Waals surface area (Å²) in [5.41, 5.74) is 2.51. The summed E-state index contributed by atoms with van der Waals surface area (Å²) in [5, 5.41) is 0. The Morgan fingerprint density at radius 3 is 2.95 bits per heavy atom. The molecule has 1 saturated heterocycles. The Hall–Kier alpha value is -2.10. The first kappa shape index (κ1) is 12.0. The van der Waals surface area contributed by atoms with Gasteiger partial charge in [0.15, 0.2) is 0 Å². The second-order valence-corrected chi connectivity index (χ2v) is 4.96. The third kappa shape index (κ3) is 2.14. The van der Waals surface area contributed by atoms with E-state index in [0.29, 0.717) is 0 Å². The zero-order valence-corrected chi connectivity index (χ0v) is 11.0. The summed E-state index contributed by atoms with van der Waals surface area (Å²) in [6.07, 6.45) is 6.99. The van der Waals surface area contributed by atoms with Crippen LogP contribution in [-0.4, -0.2) is 27.0 Å². The molecule has 0 bridgehead atoms. The third-order valence-electron chi connectivity index (χ3n) is 3.77. The van der Waals surface area contributed by atoms with Gasteiger partial charge in [-0.1, -0.05) is 24.3 Å². The Kier molecular flexibility index (Phi) is 3.07. The third-order valence-corrected chi connectivity index (χ3v) is 3.77. The molecule has 1 aromatic heterocycles. The minimum absolute atomic E-state index is 0.0169. The Morgan fingerprint density at radius 1 is 1.37 bits per heavy atom. The van der Waals surface area contributed by atoms with Gasteiger partial charge >= 0.3 is 6.03 Å². The maximum absolute atomic E-state index is 12.5. The Morgan fingerprint density at radius 2 is 2.21 bits per heavy atom. The van der Waals surface area contributed by atoms with Crippen LogP contribution in [0, 0.1) is 6.92 Å². The lowest BCUT2D eigenvalue weighted by atomic mass is 9.99. The molecule has 98 valence electrons. The number of aryl methyl sites for hydroxylation is 1. The molecule has 0 aliphatic carbocycles. The van der Waals surface area contributed by atoms with Gasteiger partial charge in [0, 0.05) is 18.9 Å². The van der Waals surface area contributed by atoms with Crippen molar-refractivity contribution in [2.45, 2.75) is 25.8 Å². The van der Waals surface area contributed by atoms with E-state index in [0.717, 1.165) is 19.4 Å². The molecule has 1 fully saturated rings. The van der Waals surface area contributed by atoms with Crippen LogP contribution in [0.25, 0.3) is 0 Å². The number of benzene rings is 1. The molecule has 1 aliphatic rings. The second kappa shape index (κ2) is 4.88. The number of carbonyl (C=O) groups is 1. The SMILES string of the molecule is Cc1ccccc1C1CCCN1C(=O)n1ccnc1. The van der Waals surface area contributed by atoms with Crippen molar-refractivity contribution in [2.75, 3.05) is 6.54 Å². The number of likely N-dealkylation sites (tertiary alicyclic amines) is 1. The maximum Gasteiger partial charge on any atom is 0.329 e. The van der Waals surface area contributed by atoms with Crippen LogP contribution in [-0.2, 0) is 0 Å². The number of hydrogen-bond donors (Lipinski definition) is 0. The summed E-state index contributed by atoms with van der Waals surface area (Å²) < 4.78 is 1.55. The highest BCUT2D eigenvalue weighted by atomic mass is 16.2. The molecular weight excluding hydrogens is 238 g/mol. The molecule has 0 radical (unpaired) electrons. The standard InChI is InChI=1S/C15H17N3O/c1-12-5-2-3-6-13(12)14-7-4-9-18(14)15(19)17-10-8-16-11-17/h2-3,5-6,8,10-11,14H,4,7,9H2,1H3. The number of carbonyl (C=O) groups excluding carboxylic acids is 1. The van der Waals surface area contributed by atoms with E-state index in [2.05, 4.69) is 24.0 Å². The number of amides is 1. The molecule has 2 heterocycles. The van der Waals surface area contributed by atoms with Gasteiger partial charge in [0.05, 0.1) is 6.04 Å². The van der Waals surface area contributed by atoms with E-state index in [4.69, 9.17) is 0 Å². The topological polar surface area (TPSA) is 38.1 Å². The first-order valence-corrected chi connectivity index (χ1v) is 6.62. The van der Waals surface area contributed by atoms with Crippen LogP contribution in [0.4, 0.5) is 4.79 Å². The zero-order chi connectivity index (χ0) is 13.2. The number of aromatic nitrogens is 2. The monoisotopic (exact) mass is 255 g/mol. The summed E-state index contributed by atoms with van der Waals surface area (Å²) in [6, 6.07) is 8.52. The van der Waals surface area contributed by atoms with Gasteiger partial charge < -0.3 is 4.90 Å². The van der Waals surface area contributed by atoms with Crippen LogP contribution >= 0.6 is 0 Å². The molecule has 1 amide bonds. The molecule has 4 nitrogen and oxygen atoms in total. The summed E-state index contributed by atoms with van der Waals surface area (Å²) in [4.78, 5) is 18.3. The zero-order valence-electron chi connectivity index (χ0n) is 11.0. The molecule has 1 unspecified atom stereocenters. The predicted octanol–water partition coefficient (Wildman–Crippen LogP) is 3.00. The van der Waals surface area contributed by atoms with Crippen LogP contribution < -0.4 is 0 Å². The summed E-state index contributed by atoms with van der Waals surface area (Å²) in [6.45, 7) is 2.92. The molecule has 1 aromatic carbocycles. The minimum Gasteiger partial charge on any atom is -0.317 e. The van der Waals surface area contributed by atoms with Gasteiger partial charge in [-0.25, -0.2) is 9.78 Å². The fourth-order valence-electron chi connectivity index (χ4n) is 2.80. The van der Waals surface area contributed by atoms with Gasteiger partial charge in [-0.05, 0) is 30.9 Å². The van der Waals surface area contributed by atoms with Crippen molar-refractivity contribution in [3.63, 3.8) is 0 Å². The molecule has 2 aromatic rings. The number of rotatable bonds is 1. The summed E-state index contributed by atoms with van der Waals surface area (Å²) in [5.74, 6) is 0. The molecule has 4 heteroatoms. The molecule has 1 atom stereocenters. The van der Waals surface area contributed by atoms with Crippen molar-refractivity contribution in [2.24, 2.45) is 0 Å². The van der Waals surface area contributed by atoms with Crippen molar-refractivity contribution in [1.29, 1.82) is 0 Å². The first-order chi connectivity index (χ1) is 9.27. The summed E-state index contributed by atoms with van der Waals surface area (Å²) in [7, 11) is 0. The fourth-order valence-corrected chi connectivity index (χ4v) is 2.80. The van der Waals surface area contributed by atoms with Crippen molar-refractivity contribution in [3.8, 4) is 0 Å². The molecule has 3 rings (SSSR count). The average molecular weight is 255 g/mol. The van der Waals surface area contributed by atoms with Crippen molar-refractivity contribution < 1.29 is 4.79 Å². The van der Waals surface area contributed by atoms with Gasteiger partial charge in [0.1, 0.15) is 6.33 Å². The van der Waals surface area contributed by atoms with E-state index < -0.39 is 0 Å². The van der Waals surface area contributed by atoms with E-state index >= 15 is 0 Å². The largest absolute Gasteiger partial charge is 0.329 e. The lowest BCUT2D eigenvalue weighted by Gasteiger charge is -2.26. The van der Waals surface area contributed by atoms with Crippen LogP contribution in [0.3, 0.4) is 0 Å². The van der Waals surface area contributed by atoms with Gasteiger partial charge in [-0.2, -0.15) is 0 Å². The Labute approximate surface area is 112 Å². The average Bonchev–Trinajstić information content (AvgIpc) is 3.10. The molecule has 1 aliphatic heterocycles. The molecule has 0 N–H and O–H groups in total. The van der Waals surface area contributed by atoms with Gasteiger partial charge in [0.25, 0.3) is 0 Å². The molecular formula is C15H17N3O. The number of hydrogen-bond acceptors (Lipinski definition) is 2. The number of imidazole rings is 1. The normalized spacial score (nSPS) is 18.8.